The molecule has 84 valence electrons. The number of thiophene rings is 1. The van der Waals surface area contributed by atoms with Crippen LogP contribution in [0.4, 0.5) is 0 Å². The average Bonchev–Trinajstić information content (AvgIpc) is 2.88. The number of rotatable bonds is 3. The largest absolute Gasteiger partial charge is 0.465 e. The van der Waals surface area contributed by atoms with Crippen LogP contribution in [-0.4, -0.2) is 33.3 Å². The molecule has 0 atom stereocenters. The zero-order valence-electron chi connectivity index (χ0n) is 8.88. The highest BCUT2D eigenvalue weighted by Gasteiger charge is 2.14. The molecule has 2 rings (SSSR count). The van der Waals surface area contributed by atoms with Crippen molar-refractivity contribution in [3.05, 3.63) is 27.7 Å². The maximum Gasteiger partial charge on any atom is 0.348 e. The van der Waals surface area contributed by atoms with Crippen molar-refractivity contribution >= 4 is 17.3 Å². The van der Waals surface area contributed by atoms with E-state index in [4.69, 9.17) is 4.74 Å². The first kappa shape index (κ1) is 10.7. The van der Waals surface area contributed by atoms with Gasteiger partial charge in [0.05, 0.1) is 13.7 Å². The van der Waals surface area contributed by atoms with E-state index in [1.807, 2.05) is 18.4 Å². The first-order chi connectivity index (χ1) is 7.72. The molecule has 0 saturated carbocycles. The minimum atomic E-state index is -0.323. The van der Waals surface area contributed by atoms with Crippen LogP contribution in [0.15, 0.2) is 11.4 Å². The van der Waals surface area contributed by atoms with Gasteiger partial charge in [-0.15, -0.1) is 16.4 Å². The van der Waals surface area contributed by atoms with Gasteiger partial charge in [-0.25, -0.2) is 9.48 Å². The van der Waals surface area contributed by atoms with Crippen molar-refractivity contribution in [1.82, 2.24) is 20.2 Å². The summed E-state index contributed by atoms with van der Waals surface area (Å²) in [5.74, 6) is 0.387. The predicted octanol–water partition coefficient (Wildman–Crippen LogP) is 0.878. The monoisotopic (exact) mass is 238 g/mol. The molecular weight excluding hydrogens is 228 g/mol. The molecule has 16 heavy (non-hydrogen) atoms. The highest BCUT2D eigenvalue weighted by atomic mass is 32.1. The molecule has 0 bridgehead atoms. The minimum Gasteiger partial charge on any atom is -0.465 e. The smallest absolute Gasteiger partial charge is 0.348 e. The summed E-state index contributed by atoms with van der Waals surface area (Å²) in [6.07, 6.45) is 0. The molecule has 0 aliphatic heterocycles. The maximum absolute atomic E-state index is 11.4. The van der Waals surface area contributed by atoms with Gasteiger partial charge in [0, 0.05) is 0 Å². The molecule has 6 nitrogen and oxygen atoms in total. The van der Waals surface area contributed by atoms with E-state index >= 15 is 0 Å². The number of aromatic nitrogens is 4. The molecule has 0 N–H and O–H groups in total. The van der Waals surface area contributed by atoms with Crippen LogP contribution in [0.3, 0.4) is 0 Å². The minimum absolute atomic E-state index is 0.323. The number of carbonyl (C=O) groups is 1. The summed E-state index contributed by atoms with van der Waals surface area (Å²) in [5.41, 5.74) is 0.868. The topological polar surface area (TPSA) is 69.9 Å². The molecule has 0 aliphatic rings. The van der Waals surface area contributed by atoms with Crippen LogP contribution in [0.25, 0.3) is 0 Å². The number of hydrogen-bond acceptors (Lipinski definition) is 6. The first-order valence-electron chi connectivity index (χ1n) is 4.60. The van der Waals surface area contributed by atoms with Crippen molar-refractivity contribution in [2.24, 2.45) is 0 Å². The van der Waals surface area contributed by atoms with Crippen LogP contribution in [0, 0.1) is 6.92 Å². The molecule has 0 fully saturated rings. The van der Waals surface area contributed by atoms with E-state index in [2.05, 4.69) is 15.5 Å². The molecule has 0 aliphatic carbocycles. The van der Waals surface area contributed by atoms with Gasteiger partial charge in [-0.05, 0) is 34.4 Å². The van der Waals surface area contributed by atoms with E-state index in [0.717, 1.165) is 5.56 Å². The molecule has 0 radical (unpaired) electrons. The molecule has 2 heterocycles. The average molecular weight is 238 g/mol. The number of ether oxygens (including phenoxy) is 1. The molecule has 0 unspecified atom stereocenters. The third-order valence-corrected chi connectivity index (χ3v) is 3.09. The van der Waals surface area contributed by atoms with Crippen molar-refractivity contribution in [2.45, 2.75) is 13.5 Å². The fourth-order valence-corrected chi connectivity index (χ4v) is 2.12. The third-order valence-electron chi connectivity index (χ3n) is 2.15. The molecule has 2 aromatic rings. The van der Waals surface area contributed by atoms with Gasteiger partial charge in [-0.2, -0.15) is 0 Å². The Hall–Kier alpha value is -1.76. The Morgan fingerprint density at radius 1 is 1.62 bits per heavy atom. The van der Waals surface area contributed by atoms with Gasteiger partial charge in [0.2, 0.25) is 0 Å². The van der Waals surface area contributed by atoms with Gasteiger partial charge in [-0.1, -0.05) is 0 Å². The zero-order valence-corrected chi connectivity index (χ0v) is 9.69. The van der Waals surface area contributed by atoms with E-state index in [1.165, 1.54) is 18.4 Å². The normalized spacial score (nSPS) is 10.4. The number of carbonyl (C=O) groups excluding carboxylic acids is 1. The number of hydrogen-bond donors (Lipinski definition) is 0. The van der Waals surface area contributed by atoms with Crippen molar-refractivity contribution < 1.29 is 9.53 Å². The number of aryl methyl sites for hydroxylation is 1. The second-order valence-corrected chi connectivity index (χ2v) is 4.07. The molecule has 0 aromatic carbocycles. The number of esters is 1. The van der Waals surface area contributed by atoms with Crippen molar-refractivity contribution in [3.63, 3.8) is 0 Å². The summed E-state index contributed by atoms with van der Waals surface area (Å²) in [4.78, 5) is 12.0. The maximum atomic E-state index is 11.4. The van der Waals surface area contributed by atoms with Crippen LogP contribution >= 0.6 is 11.3 Å². The van der Waals surface area contributed by atoms with Crippen molar-refractivity contribution in [2.75, 3.05) is 7.11 Å². The second-order valence-electron chi connectivity index (χ2n) is 3.15. The van der Waals surface area contributed by atoms with Crippen LogP contribution in [0.1, 0.15) is 21.1 Å². The van der Waals surface area contributed by atoms with E-state index in [9.17, 15) is 4.79 Å². The van der Waals surface area contributed by atoms with Crippen LogP contribution in [-0.2, 0) is 11.3 Å². The van der Waals surface area contributed by atoms with Gasteiger partial charge < -0.3 is 4.74 Å². The van der Waals surface area contributed by atoms with Crippen molar-refractivity contribution in [1.29, 1.82) is 0 Å². The highest BCUT2D eigenvalue weighted by Crippen LogP contribution is 2.18. The number of nitrogens with zero attached hydrogens (tertiary/aromatic N) is 4. The van der Waals surface area contributed by atoms with E-state index in [0.29, 0.717) is 17.2 Å². The van der Waals surface area contributed by atoms with Gasteiger partial charge in [0.25, 0.3) is 0 Å². The van der Waals surface area contributed by atoms with Crippen LogP contribution < -0.4 is 0 Å². The standard InChI is InChI=1S/C9H10N4O2S/c1-6-10-11-12-13(6)5-7-3-4-16-8(7)9(14)15-2/h3-4H,5H2,1-2H3. The summed E-state index contributed by atoms with van der Waals surface area (Å²) in [7, 11) is 1.37. The molecular formula is C9H10N4O2S. The van der Waals surface area contributed by atoms with Gasteiger partial charge in [-0.3, -0.25) is 0 Å². The second kappa shape index (κ2) is 4.40. The van der Waals surface area contributed by atoms with Gasteiger partial charge in [0.1, 0.15) is 10.7 Å². The Bertz CT molecular complexity index is 505. The predicted molar refractivity (Wildman–Crippen MR) is 57.3 cm³/mol. The quantitative estimate of drug-likeness (QED) is 0.742. The lowest BCUT2D eigenvalue weighted by Crippen LogP contribution is -2.08. The van der Waals surface area contributed by atoms with Crippen LogP contribution in [0.2, 0.25) is 0 Å². The summed E-state index contributed by atoms with van der Waals surface area (Å²) < 4.78 is 6.33. The van der Waals surface area contributed by atoms with Crippen molar-refractivity contribution in [3.8, 4) is 0 Å². The Kier molecular flexibility index (Phi) is 2.95. The number of methoxy groups -OCH3 is 1. The van der Waals surface area contributed by atoms with E-state index < -0.39 is 0 Å². The zero-order chi connectivity index (χ0) is 11.5. The fraction of sp³-hybridized carbons (Fsp3) is 0.333. The van der Waals surface area contributed by atoms with E-state index in [1.54, 1.807) is 4.68 Å². The Morgan fingerprint density at radius 2 is 2.44 bits per heavy atom. The van der Waals surface area contributed by atoms with E-state index in [-0.39, 0.29) is 5.97 Å². The summed E-state index contributed by atoms with van der Waals surface area (Å²) in [5, 5.41) is 13.0. The van der Waals surface area contributed by atoms with Gasteiger partial charge >= 0.3 is 5.97 Å². The lowest BCUT2D eigenvalue weighted by Gasteiger charge is -2.02. The summed E-state index contributed by atoms with van der Waals surface area (Å²) in [6, 6.07) is 1.87. The SMILES string of the molecule is COC(=O)c1sccc1Cn1nnnc1C. The lowest BCUT2D eigenvalue weighted by atomic mass is 10.2. The Morgan fingerprint density at radius 3 is 3.06 bits per heavy atom. The third kappa shape index (κ3) is 1.94. The fourth-order valence-electron chi connectivity index (χ4n) is 1.29. The Labute approximate surface area is 95.8 Å². The van der Waals surface area contributed by atoms with Gasteiger partial charge in [0.15, 0.2) is 0 Å². The summed E-state index contributed by atoms with van der Waals surface area (Å²) >= 11 is 1.35. The molecule has 0 spiro atoms. The molecule has 7 heteroatoms. The highest BCUT2D eigenvalue weighted by molar-refractivity contribution is 7.12. The first-order valence-corrected chi connectivity index (χ1v) is 5.47. The Balaban J connectivity index is 2.26. The number of tetrazole rings is 1. The van der Waals surface area contributed by atoms with Crippen LogP contribution in [0.5, 0.6) is 0 Å². The molecule has 0 amide bonds. The molecule has 2 aromatic heterocycles. The summed E-state index contributed by atoms with van der Waals surface area (Å²) in [6.45, 7) is 2.29. The molecule has 0 saturated heterocycles. The lowest BCUT2D eigenvalue weighted by molar-refractivity contribution is 0.0605.